The molecule has 1 rings (SSSR count). The number of halogens is 1. The maximum atomic E-state index is 13.4. The van der Waals surface area contributed by atoms with Crippen molar-refractivity contribution in [1.82, 2.24) is 0 Å². The lowest BCUT2D eigenvalue weighted by atomic mass is 10.1. The van der Waals surface area contributed by atoms with Crippen molar-refractivity contribution >= 4 is 0 Å². The van der Waals surface area contributed by atoms with Gasteiger partial charge >= 0.3 is 0 Å². The van der Waals surface area contributed by atoms with Crippen LogP contribution < -0.4 is 10.5 Å². The van der Waals surface area contributed by atoms with Gasteiger partial charge in [0.15, 0.2) is 0 Å². The highest BCUT2D eigenvalue weighted by atomic mass is 19.1. The third kappa shape index (κ3) is 2.02. The number of ether oxygens (including phenoxy) is 1. The molecule has 0 bridgehead atoms. The lowest BCUT2D eigenvalue weighted by molar-refractivity contribution is 0.177. The number of hydrogen-bond acceptors (Lipinski definition) is 3. The van der Waals surface area contributed by atoms with Gasteiger partial charge in [-0.25, -0.2) is 4.39 Å². The molecule has 0 aliphatic carbocycles. The average Bonchev–Trinajstić information content (AvgIpc) is 2.15. The van der Waals surface area contributed by atoms with Crippen molar-refractivity contribution in [2.45, 2.75) is 13.0 Å². The minimum absolute atomic E-state index is 0.0314. The smallest absolute Gasteiger partial charge is 0.133 e. The Bertz CT molecular complexity index is 328. The molecule has 3 nitrogen and oxygen atoms in total. The molecule has 0 aliphatic rings. The number of nitrogens with two attached hydrogens (primary N) is 1. The molecule has 1 aromatic rings. The van der Waals surface area contributed by atoms with Crippen LogP contribution in [0.25, 0.3) is 0 Å². The Morgan fingerprint density at radius 2 is 2.21 bits per heavy atom. The highest BCUT2D eigenvalue weighted by Gasteiger charge is 2.17. The van der Waals surface area contributed by atoms with Gasteiger partial charge in [-0.1, -0.05) is 0 Å². The van der Waals surface area contributed by atoms with Crippen molar-refractivity contribution in [1.29, 1.82) is 0 Å². The molecule has 0 radical (unpaired) electrons. The van der Waals surface area contributed by atoms with Crippen LogP contribution in [0.15, 0.2) is 12.1 Å². The van der Waals surface area contributed by atoms with E-state index in [0.717, 1.165) is 5.56 Å². The summed E-state index contributed by atoms with van der Waals surface area (Å²) in [5, 5.41) is 9.47. The molecule has 0 fully saturated rings. The maximum Gasteiger partial charge on any atom is 0.133 e. The lowest BCUT2D eigenvalue weighted by Gasteiger charge is -2.14. The lowest BCUT2D eigenvalue weighted by Crippen LogP contribution is -2.14. The van der Waals surface area contributed by atoms with Gasteiger partial charge in [0.25, 0.3) is 0 Å². The molecule has 1 atom stereocenters. The fourth-order valence-electron chi connectivity index (χ4n) is 1.33. The second-order valence-electron chi connectivity index (χ2n) is 3.11. The largest absolute Gasteiger partial charge is 0.496 e. The first-order valence-corrected chi connectivity index (χ1v) is 4.32. The van der Waals surface area contributed by atoms with Gasteiger partial charge in [0.05, 0.1) is 18.8 Å². The molecule has 0 aliphatic heterocycles. The predicted molar refractivity (Wildman–Crippen MR) is 51.7 cm³/mol. The van der Waals surface area contributed by atoms with E-state index in [1.807, 2.05) is 0 Å². The molecule has 0 unspecified atom stereocenters. The number of methoxy groups -OCH3 is 1. The SMILES string of the molecule is COc1cc(C)cc(F)c1[C@H](O)CN. The summed E-state index contributed by atoms with van der Waals surface area (Å²) in [6.07, 6.45) is -1.02. The van der Waals surface area contributed by atoms with Gasteiger partial charge in [-0.3, -0.25) is 0 Å². The molecule has 0 aromatic heterocycles. The Morgan fingerprint density at radius 1 is 1.57 bits per heavy atom. The molecule has 14 heavy (non-hydrogen) atoms. The van der Waals surface area contributed by atoms with Gasteiger partial charge in [-0.2, -0.15) is 0 Å². The molecule has 3 N–H and O–H groups in total. The Labute approximate surface area is 82.3 Å². The molecular weight excluding hydrogens is 185 g/mol. The van der Waals surface area contributed by atoms with E-state index in [1.54, 1.807) is 13.0 Å². The summed E-state index contributed by atoms with van der Waals surface area (Å²) in [7, 11) is 1.43. The van der Waals surface area contributed by atoms with Crippen LogP contribution in [-0.2, 0) is 0 Å². The number of rotatable bonds is 3. The van der Waals surface area contributed by atoms with Crippen LogP contribution in [0.2, 0.25) is 0 Å². The van der Waals surface area contributed by atoms with Crippen LogP contribution in [0.1, 0.15) is 17.2 Å². The molecule has 1 aromatic carbocycles. The van der Waals surface area contributed by atoms with Gasteiger partial charge in [0.2, 0.25) is 0 Å². The summed E-state index contributed by atoms with van der Waals surface area (Å²) >= 11 is 0. The van der Waals surface area contributed by atoms with Gasteiger partial charge in [-0.15, -0.1) is 0 Å². The van der Waals surface area contributed by atoms with E-state index >= 15 is 0 Å². The Hall–Kier alpha value is -1.13. The standard InChI is InChI=1S/C10H14FNO2/c1-6-3-7(11)10(8(13)5-12)9(4-6)14-2/h3-4,8,13H,5,12H2,1-2H3/t8-/m1/s1. The van der Waals surface area contributed by atoms with Crippen molar-refractivity contribution < 1.29 is 14.2 Å². The normalized spacial score (nSPS) is 12.6. The maximum absolute atomic E-state index is 13.4. The number of aryl methyl sites for hydroxylation is 1. The fraction of sp³-hybridized carbons (Fsp3) is 0.400. The minimum Gasteiger partial charge on any atom is -0.496 e. The molecule has 4 heteroatoms. The van der Waals surface area contributed by atoms with E-state index in [2.05, 4.69) is 0 Å². The first kappa shape index (κ1) is 10.9. The van der Waals surface area contributed by atoms with Crippen molar-refractivity contribution in [3.8, 4) is 5.75 Å². The highest BCUT2D eigenvalue weighted by molar-refractivity contribution is 5.40. The topological polar surface area (TPSA) is 55.5 Å². The van der Waals surface area contributed by atoms with Gasteiger partial charge in [-0.05, 0) is 24.6 Å². The third-order valence-electron chi connectivity index (χ3n) is 2.01. The molecule has 0 saturated carbocycles. The monoisotopic (exact) mass is 199 g/mol. The van der Waals surface area contributed by atoms with Gasteiger partial charge in [0.1, 0.15) is 11.6 Å². The number of aliphatic hydroxyl groups is 1. The molecule has 0 saturated heterocycles. The predicted octanol–water partition coefficient (Wildman–Crippen LogP) is 1.13. The molecule has 78 valence electrons. The van der Waals surface area contributed by atoms with Crippen molar-refractivity contribution in [3.63, 3.8) is 0 Å². The Morgan fingerprint density at radius 3 is 2.71 bits per heavy atom. The second kappa shape index (κ2) is 4.39. The van der Waals surface area contributed by atoms with Crippen molar-refractivity contribution in [2.75, 3.05) is 13.7 Å². The molecule has 0 spiro atoms. The number of hydrogen-bond donors (Lipinski definition) is 2. The van der Waals surface area contributed by atoms with Crippen LogP contribution >= 0.6 is 0 Å². The summed E-state index contributed by atoms with van der Waals surface area (Å²) in [6, 6.07) is 3.01. The van der Waals surface area contributed by atoms with E-state index in [4.69, 9.17) is 10.5 Å². The van der Waals surface area contributed by atoms with E-state index in [0.29, 0.717) is 5.75 Å². The van der Waals surface area contributed by atoms with Crippen molar-refractivity contribution in [2.24, 2.45) is 5.73 Å². The summed E-state index contributed by atoms with van der Waals surface area (Å²) in [5.41, 5.74) is 6.13. The zero-order valence-corrected chi connectivity index (χ0v) is 8.25. The van der Waals surface area contributed by atoms with E-state index in [-0.39, 0.29) is 12.1 Å². The summed E-state index contributed by atoms with van der Waals surface area (Å²) in [6.45, 7) is 1.72. The summed E-state index contributed by atoms with van der Waals surface area (Å²) in [4.78, 5) is 0. The quantitative estimate of drug-likeness (QED) is 0.767. The van der Waals surface area contributed by atoms with E-state index in [9.17, 15) is 9.50 Å². The Kier molecular flexibility index (Phi) is 3.43. The van der Waals surface area contributed by atoms with Crippen LogP contribution in [0, 0.1) is 12.7 Å². The Balaban J connectivity index is 3.24. The van der Waals surface area contributed by atoms with E-state index in [1.165, 1.54) is 13.2 Å². The number of aliphatic hydroxyl groups excluding tert-OH is 1. The van der Waals surface area contributed by atoms with Crippen LogP contribution in [0.3, 0.4) is 0 Å². The van der Waals surface area contributed by atoms with Crippen LogP contribution in [-0.4, -0.2) is 18.8 Å². The summed E-state index contributed by atoms with van der Waals surface area (Å²) in [5.74, 6) is -0.153. The molecular formula is C10H14FNO2. The van der Waals surface area contributed by atoms with Gasteiger partial charge < -0.3 is 15.6 Å². The average molecular weight is 199 g/mol. The summed E-state index contributed by atoms with van der Waals surface area (Å²) < 4.78 is 18.4. The van der Waals surface area contributed by atoms with Gasteiger partial charge in [0, 0.05) is 6.54 Å². The van der Waals surface area contributed by atoms with Crippen molar-refractivity contribution in [3.05, 3.63) is 29.1 Å². The molecule has 0 amide bonds. The zero-order valence-electron chi connectivity index (χ0n) is 8.25. The first-order valence-electron chi connectivity index (χ1n) is 4.32. The van der Waals surface area contributed by atoms with Crippen LogP contribution in [0.4, 0.5) is 4.39 Å². The van der Waals surface area contributed by atoms with E-state index < -0.39 is 11.9 Å². The third-order valence-corrected chi connectivity index (χ3v) is 2.01. The fourth-order valence-corrected chi connectivity index (χ4v) is 1.33. The molecule has 0 heterocycles. The highest BCUT2D eigenvalue weighted by Crippen LogP contribution is 2.28. The van der Waals surface area contributed by atoms with Crippen LogP contribution in [0.5, 0.6) is 5.75 Å². The second-order valence-corrected chi connectivity index (χ2v) is 3.11. The zero-order chi connectivity index (χ0) is 10.7. The first-order chi connectivity index (χ1) is 6.60. The number of benzene rings is 1. The minimum atomic E-state index is -1.02.